The number of nitriles is 1. The topological polar surface area (TPSA) is 57.0 Å². The molecule has 1 aromatic heterocycles. The number of nitrogens with zero attached hydrogens (tertiary/aromatic N) is 3. The minimum Gasteiger partial charge on any atom is -0.338 e. The molecule has 1 unspecified atom stereocenters. The molecule has 0 fully saturated rings. The quantitative estimate of drug-likeness (QED) is 0.796. The summed E-state index contributed by atoms with van der Waals surface area (Å²) in [5.41, 5.74) is 1.33. The second kappa shape index (κ2) is 6.00. The minimum absolute atomic E-state index is 0.0554. The summed E-state index contributed by atoms with van der Waals surface area (Å²) in [7, 11) is 0. The molecule has 0 N–H and O–H groups in total. The first-order chi connectivity index (χ1) is 8.10. The fourth-order valence-electron chi connectivity index (χ4n) is 1.61. The molecule has 1 heterocycles. The molecular formula is C13H17N3O. The predicted molar refractivity (Wildman–Crippen MR) is 65.3 cm³/mol. The van der Waals surface area contributed by atoms with Crippen molar-refractivity contribution in [1.82, 2.24) is 9.88 Å². The molecule has 0 radical (unpaired) electrons. The van der Waals surface area contributed by atoms with Crippen LogP contribution in [0.2, 0.25) is 0 Å². The summed E-state index contributed by atoms with van der Waals surface area (Å²) in [6, 6.07) is 5.66. The van der Waals surface area contributed by atoms with E-state index in [4.69, 9.17) is 5.26 Å². The molecule has 0 saturated heterocycles. The smallest absolute Gasteiger partial charge is 0.255 e. The Kier molecular flexibility index (Phi) is 4.65. The van der Waals surface area contributed by atoms with E-state index in [0.717, 1.165) is 5.69 Å². The number of carbonyl (C=O) groups excluding carboxylic acids is 1. The van der Waals surface area contributed by atoms with Gasteiger partial charge in [-0.1, -0.05) is 0 Å². The summed E-state index contributed by atoms with van der Waals surface area (Å²) in [6.07, 6.45) is 1.67. The molecule has 17 heavy (non-hydrogen) atoms. The molecule has 0 spiro atoms. The van der Waals surface area contributed by atoms with Gasteiger partial charge in [-0.25, -0.2) is 0 Å². The highest BCUT2D eigenvalue weighted by atomic mass is 16.2. The summed E-state index contributed by atoms with van der Waals surface area (Å²) >= 11 is 0. The Morgan fingerprint density at radius 1 is 1.65 bits per heavy atom. The number of aromatic nitrogens is 1. The van der Waals surface area contributed by atoms with Crippen molar-refractivity contribution < 1.29 is 4.79 Å². The first kappa shape index (κ1) is 13.2. The average Bonchev–Trinajstić information content (AvgIpc) is 2.35. The normalized spacial score (nSPS) is 11.6. The maximum atomic E-state index is 12.2. The standard InChI is InChI=1S/C13H17N3O/c1-4-16(9-10(2)8-14)13(17)12-6-5-7-15-11(12)3/h5-7,10H,4,9H2,1-3H3. The fraction of sp³-hybridized carbons (Fsp3) is 0.462. The first-order valence-electron chi connectivity index (χ1n) is 5.70. The van der Waals surface area contributed by atoms with Gasteiger partial charge in [0.2, 0.25) is 0 Å². The van der Waals surface area contributed by atoms with E-state index in [1.807, 2.05) is 20.8 Å². The molecule has 0 aliphatic heterocycles. The molecule has 0 bridgehead atoms. The fourth-order valence-corrected chi connectivity index (χ4v) is 1.61. The third kappa shape index (κ3) is 3.28. The molecule has 90 valence electrons. The lowest BCUT2D eigenvalue weighted by molar-refractivity contribution is 0.0751. The van der Waals surface area contributed by atoms with E-state index in [2.05, 4.69) is 11.1 Å². The van der Waals surface area contributed by atoms with E-state index < -0.39 is 0 Å². The second-order valence-electron chi connectivity index (χ2n) is 4.01. The Labute approximate surface area is 102 Å². The lowest BCUT2D eigenvalue weighted by Crippen LogP contribution is -2.34. The van der Waals surface area contributed by atoms with Crippen molar-refractivity contribution >= 4 is 5.91 Å². The van der Waals surface area contributed by atoms with E-state index in [0.29, 0.717) is 18.7 Å². The van der Waals surface area contributed by atoms with Crippen LogP contribution < -0.4 is 0 Å². The van der Waals surface area contributed by atoms with Crippen molar-refractivity contribution in [3.05, 3.63) is 29.6 Å². The van der Waals surface area contributed by atoms with E-state index in [1.54, 1.807) is 23.2 Å². The summed E-state index contributed by atoms with van der Waals surface area (Å²) < 4.78 is 0. The molecule has 1 amide bonds. The van der Waals surface area contributed by atoms with Gasteiger partial charge in [-0.05, 0) is 32.9 Å². The lowest BCUT2D eigenvalue weighted by atomic mass is 10.1. The van der Waals surface area contributed by atoms with E-state index in [-0.39, 0.29) is 11.8 Å². The van der Waals surface area contributed by atoms with Crippen LogP contribution in [0, 0.1) is 24.2 Å². The summed E-state index contributed by atoms with van der Waals surface area (Å²) in [4.78, 5) is 18.0. The molecule has 4 nitrogen and oxygen atoms in total. The van der Waals surface area contributed by atoms with Gasteiger partial charge in [-0.3, -0.25) is 9.78 Å². The van der Waals surface area contributed by atoms with Gasteiger partial charge < -0.3 is 4.90 Å². The number of rotatable bonds is 4. The summed E-state index contributed by atoms with van der Waals surface area (Å²) in [5.74, 6) is -0.212. The Balaban J connectivity index is 2.88. The molecule has 0 saturated carbocycles. The predicted octanol–water partition coefficient (Wildman–Crippen LogP) is 2.01. The Bertz CT molecular complexity index is 437. The highest BCUT2D eigenvalue weighted by molar-refractivity contribution is 5.95. The second-order valence-corrected chi connectivity index (χ2v) is 4.01. The molecule has 1 rings (SSSR count). The summed E-state index contributed by atoms with van der Waals surface area (Å²) in [6.45, 7) is 6.59. The van der Waals surface area contributed by atoms with Crippen LogP contribution in [0.5, 0.6) is 0 Å². The summed E-state index contributed by atoms with van der Waals surface area (Å²) in [5, 5.41) is 8.79. The number of hydrogen-bond donors (Lipinski definition) is 0. The lowest BCUT2D eigenvalue weighted by Gasteiger charge is -2.22. The van der Waals surface area contributed by atoms with Crippen LogP contribution in [0.4, 0.5) is 0 Å². The number of aryl methyl sites for hydroxylation is 1. The highest BCUT2D eigenvalue weighted by Gasteiger charge is 2.18. The zero-order valence-corrected chi connectivity index (χ0v) is 10.5. The van der Waals surface area contributed by atoms with Crippen molar-refractivity contribution in [2.75, 3.05) is 13.1 Å². The van der Waals surface area contributed by atoms with Gasteiger partial charge in [0, 0.05) is 25.0 Å². The monoisotopic (exact) mass is 231 g/mol. The largest absolute Gasteiger partial charge is 0.338 e. The van der Waals surface area contributed by atoms with Crippen LogP contribution in [-0.2, 0) is 0 Å². The highest BCUT2D eigenvalue weighted by Crippen LogP contribution is 2.09. The van der Waals surface area contributed by atoms with Crippen molar-refractivity contribution in [3.8, 4) is 6.07 Å². The number of carbonyl (C=O) groups is 1. The van der Waals surface area contributed by atoms with Gasteiger partial charge in [-0.15, -0.1) is 0 Å². The maximum absolute atomic E-state index is 12.2. The van der Waals surface area contributed by atoms with Crippen molar-refractivity contribution in [3.63, 3.8) is 0 Å². The van der Waals surface area contributed by atoms with Gasteiger partial charge in [-0.2, -0.15) is 5.26 Å². The molecular weight excluding hydrogens is 214 g/mol. The molecule has 0 aliphatic rings. The van der Waals surface area contributed by atoms with Crippen LogP contribution in [-0.4, -0.2) is 28.9 Å². The number of hydrogen-bond acceptors (Lipinski definition) is 3. The molecule has 1 aromatic rings. The third-order valence-corrected chi connectivity index (χ3v) is 2.62. The molecule has 4 heteroatoms. The number of amides is 1. The Morgan fingerprint density at radius 2 is 2.35 bits per heavy atom. The molecule has 0 aliphatic carbocycles. The van der Waals surface area contributed by atoms with Crippen LogP contribution >= 0.6 is 0 Å². The zero-order valence-electron chi connectivity index (χ0n) is 10.5. The SMILES string of the molecule is CCN(CC(C)C#N)C(=O)c1cccnc1C. The first-order valence-corrected chi connectivity index (χ1v) is 5.70. The van der Waals surface area contributed by atoms with Crippen LogP contribution in [0.15, 0.2) is 18.3 Å². The van der Waals surface area contributed by atoms with Crippen molar-refractivity contribution in [2.24, 2.45) is 5.92 Å². The Morgan fingerprint density at radius 3 is 2.88 bits per heavy atom. The van der Waals surface area contributed by atoms with Crippen molar-refractivity contribution in [2.45, 2.75) is 20.8 Å². The van der Waals surface area contributed by atoms with Gasteiger partial charge in [0.1, 0.15) is 0 Å². The zero-order chi connectivity index (χ0) is 12.8. The van der Waals surface area contributed by atoms with E-state index in [1.165, 1.54) is 0 Å². The number of pyridine rings is 1. The average molecular weight is 231 g/mol. The maximum Gasteiger partial charge on any atom is 0.255 e. The van der Waals surface area contributed by atoms with Gasteiger partial charge in [0.15, 0.2) is 0 Å². The third-order valence-electron chi connectivity index (χ3n) is 2.62. The van der Waals surface area contributed by atoms with E-state index >= 15 is 0 Å². The van der Waals surface area contributed by atoms with Gasteiger partial charge in [0.05, 0.1) is 17.6 Å². The van der Waals surface area contributed by atoms with Crippen LogP contribution in [0.1, 0.15) is 29.9 Å². The van der Waals surface area contributed by atoms with Gasteiger partial charge >= 0.3 is 0 Å². The van der Waals surface area contributed by atoms with Gasteiger partial charge in [0.25, 0.3) is 5.91 Å². The molecule has 0 aromatic carbocycles. The van der Waals surface area contributed by atoms with Crippen LogP contribution in [0.3, 0.4) is 0 Å². The Hall–Kier alpha value is -1.89. The minimum atomic E-state index is -0.157. The van der Waals surface area contributed by atoms with Crippen LogP contribution in [0.25, 0.3) is 0 Å². The molecule has 1 atom stereocenters. The van der Waals surface area contributed by atoms with E-state index in [9.17, 15) is 4.79 Å². The van der Waals surface area contributed by atoms with Crippen molar-refractivity contribution in [1.29, 1.82) is 5.26 Å².